The Morgan fingerprint density at radius 2 is 1.81 bits per heavy atom. The smallest absolute Gasteiger partial charge is 0.257 e. The zero-order chi connectivity index (χ0) is 26.2. The Kier molecular flexibility index (Phi) is 9.44. The summed E-state index contributed by atoms with van der Waals surface area (Å²) in [7, 11) is 4.79. The highest BCUT2D eigenvalue weighted by Gasteiger charge is 2.30. The molecule has 0 aliphatic carbocycles. The molecule has 0 spiro atoms. The van der Waals surface area contributed by atoms with Gasteiger partial charge in [0.15, 0.2) is 0 Å². The monoisotopic (exact) mass is 497 g/mol. The van der Waals surface area contributed by atoms with Gasteiger partial charge in [-0.15, -0.1) is 0 Å². The van der Waals surface area contributed by atoms with E-state index in [-0.39, 0.29) is 49.0 Å². The molecule has 0 saturated heterocycles. The minimum absolute atomic E-state index is 0.0336. The number of ether oxygens (including phenoxy) is 3. The number of benzene rings is 2. The summed E-state index contributed by atoms with van der Waals surface area (Å²) < 4.78 is 16.8. The van der Waals surface area contributed by atoms with Crippen molar-refractivity contribution >= 4 is 23.4 Å². The topological polar surface area (TPSA) is 97.4 Å². The van der Waals surface area contributed by atoms with Gasteiger partial charge in [0.25, 0.3) is 11.8 Å². The number of hydrogen-bond acceptors (Lipinski definition) is 6. The van der Waals surface area contributed by atoms with E-state index in [1.54, 1.807) is 66.4 Å². The second-order valence-electron chi connectivity index (χ2n) is 9.11. The molecule has 36 heavy (non-hydrogen) atoms. The van der Waals surface area contributed by atoms with E-state index in [0.29, 0.717) is 35.7 Å². The summed E-state index contributed by atoms with van der Waals surface area (Å²) in [6.07, 6.45) is -0.297. The Labute approximate surface area is 212 Å². The maximum Gasteiger partial charge on any atom is 0.257 e. The quantitative estimate of drug-likeness (QED) is 0.682. The molecule has 1 heterocycles. The minimum Gasteiger partial charge on any atom is -0.491 e. The summed E-state index contributed by atoms with van der Waals surface area (Å²) in [5.41, 5.74) is 1.30. The fourth-order valence-electron chi connectivity index (χ4n) is 4.20. The number of fused-ring (bicyclic) bond motifs is 1. The van der Waals surface area contributed by atoms with Crippen LogP contribution in [0.5, 0.6) is 5.75 Å². The number of hydrogen-bond donors (Lipinski definition) is 1. The van der Waals surface area contributed by atoms with Gasteiger partial charge in [0.05, 0.1) is 17.7 Å². The Balaban J connectivity index is 1.93. The molecule has 0 fully saturated rings. The van der Waals surface area contributed by atoms with E-state index in [4.69, 9.17) is 14.2 Å². The van der Waals surface area contributed by atoms with Gasteiger partial charge < -0.3 is 29.3 Å². The number of methoxy groups -OCH3 is 2. The van der Waals surface area contributed by atoms with Gasteiger partial charge in [-0.25, -0.2) is 0 Å². The summed E-state index contributed by atoms with van der Waals surface area (Å²) in [6.45, 7) is 4.79. The molecule has 0 unspecified atom stereocenters. The summed E-state index contributed by atoms with van der Waals surface area (Å²) in [5, 5.41) is 2.85. The Morgan fingerprint density at radius 1 is 1.08 bits per heavy atom. The van der Waals surface area contributed by atoms with E-state index in [2.05, 4.69) is 5.32 Å². The van der Waals surface area contributed by atoms with Crippen molar-refractivity contribution in [2.24, 2.45) is 5.92 Å². The van der Waals surface area contributed by atoms with Crippen molar-refractivity contribution in [1.82, 2.24) is 9.80 Å². The van der Waals surface area contributed by atoms with Crippen molar-refractivity contribution in [3.63, 3.8) is 0 Å². The molecular formula is C27H35N3O6. The Bertz CT molecular complexity index is 1060. The van der Waals surface area contributed by atoms with E-state index in [9.17, 15) is 14.4 Å². The number of anilines is 1. The maximum atomic E-state index is 13.5. The molecule has 2 aromatic carbocycles. The highest BCUT2D eigenvalue weighted by Crippen LogP contribution is 2.27. The molecule has 1 aliphatic rings. The van der Waals surface area contributed by atoms with Crippen LogP contribution in [0.4, 0.5) is 5.69 Å². The summed E-state index contributed by atoms with van der Waals surface area (Å²) in [6, 6.07) is 13.5. The fraction of sp³-hybridized carbons (Fsp3) is 0.444. The van der Waals surface area contributed by atoms with Crippen LogP contribution in [-0.4, -0.2) is 87.2 Å². The normalized spacial score (nSPS) is 21.0. The second kappa shape index (κ2) is 12.5. The number of amides is 3. The molecule has 3 rings (SSSR count). The first kappa shape index (κ1) is 27.2. The third-order valence-electron chi connectivity index (χ3n) is 6.33. The standard InChI is InChI=1S/C27H35N3O6/c1-18-14-30(25(31)17-34-4)19(2)16-36-23-12-11-21(28-26(32)20-9-7-6-8-10-20)13-22(23)27(33)29(3)15-24(18)35-5/h6-13,18-19,24H,14-17H2,1-5H3,(H,28,32)/t18-,19-,24+/m1/s1. The number of nitrogens with one attached hydrogen (secondary N) is 1. The van der Waals surface area contributed by atoms with Crippen LogP contribution in [0.15, 0.2) is 48.5 Å². The van der Waals surface area contributed by atoms with Gasteiger partial charge >= 0.3 is 0 Å². The minimum atomic E-state index is -0.297. The van der Waals surface area contributed by atoms with Crippen molar-refractivity contribution in [2.75, 3.05) is 52.9 Å². The number of likely N-dealkylation sites (N-methyl/N-ethyl adjacent to an activating group) is 1. The first-order chi connectivity index (χ1) is 17.2. The highest BCUT2D eigenvalue weighted by molar-refractivity contribution is 6.05. The third kappa shape index (κ3) is 6.61. The van der Waals surface area contributed by atoms with Gasteiger partial charge in [-0.2, -0.15) is 0 Å². The number of rotatable bonds is 5. The maximum absolute atomic E-state index is 13.5. The zero-order valence-corrected chi connectivity index (χ0v) is 21.5. The van der Waals surface area contributed by atoms with Gasteiger partial charge in [0.1, 0.15) is 19.0 Å². The molecule has 0 saturated carbocycles. The Hall–Kier alpha value is -3.43. The third-order valence-corrected chi connectivity index (χ3v) is 6.33. The van der Waals surface area contributed by atoms with E-state index in [0.717, 1.165) is 0 Å². The molecule has 194 valence electrons. The molecule has 3 amide bonds. The average molecular weight is 498 g/mol. The van der Waals surface area contributed by atoms with Crippen LogP contribution in [0.1, 0.15) is 34.6 Å². The highest BCUT2D eigenvalue weighted by atomic mass is 16.5. The van der Waals surface area contributed by atoms with E-state index < -0.39 is 0 Å². The summed E-state index contributed by atoms with van der Waals surface area (Å²) in [5.74, 6) is -0.353. The van der Waals surface area contributed by atoms with Crippen molar-refractivity contribution < 1.29 is 28.6 Å². The molecule has 0 radical (unpaired) electrons. The molecule has 2 aromatic rings. The van der Waals surface area contributed by atoms with Crippen LogP contribution in [0.25, 0.3) is 0 Å². The molecule has 0 bridgehead atoms. The van der Waals surface area contributed by atoms with Gasteiger partial charge in [0, 0.05) is 51.5 Å². The number of carbonyl (C=O) groups is 3. The largest absolute Gasteiger partial charge is 0.491 e. The summed E-state index contributed by atoms with van der Waals surface area (Å²) in [4.78, 5) is 42.2. The molecule has 0 aromatic heterocycles. The van der Waals surface area contributed by atoms with Gasteiger partial charge in [-0.05, 0) is 37.3 Å². The predicted octanol–water partition coefficient (Wildman–Crippen LogP) is 2.92. The van der Waals surface area contributed by atoms with E-state index in [1.807, 2.05) is 19.9 Å². The van der Waals surface area contributed by atoms with Crippen LogP contribution in [-0.2, 0) is 14.3 Å². The average Bonchev–Trinajstić information content (AvgIpc) is 2.88. The molecule has 9 heteroatoms. The van der Waals surface area contributed by atoms with Gasteiger partial charge in [0.2, 0.25) is 5.91 Å². The molecule has 1 aliphatic heterocycles. The lowest BCUT2D eigenvalue weighted by Gasteiger charge is -2.36. The lowest BCUT2D eigenvalue weighted by Crippen LogP contribution is -2.49. The predicted molar refractivity (Wildman–Crippen MR) is 136 cm³/mol. The lowest BCUT2D eigenvalue weighted by atomic mass is 10.0. The van der Waals surface area contributed by atoms with Crippen molar-refractivity contribution in [2.45, 2.75) is 26.0 Å². The summed E-state index contributed by atoms with van der Waals surface area (Å²) >= 11 is 0. The molecule has 9 nitrogen and oxygen atoms in total. The Morgan fingerprint density at radius 3 is 2.47 bits per heavy atom. The molecule has 3 atom stereocenters. The van der Waals surface area contributed by atoms with E-state index >= 15 is 0 Å². The van der Waals surface area contributed by atoms with Gasteiger partial charge in [-0.3, -0.25) is 14.4 Å². The van der Waals surface area contributed by atoms with Crippen molar-refractivity contribution in [3.05, 3.63) is 59.7 Å². The number of carbonyl (C=O) groups excluding carboxylic acids is 3. The zero-order valence-electron chi connectivity index (χ0n) is 21.5. The fourth-order valence-corrected chi connectivity index (χ4v) is 4.20. The van der Waals surface area contributed by atoms with Crippen molar-refractivity contribution in [1.29, 1.82) is 0 Å². The second-order valence-corrected chi connectivity index (χ2v) is 9.11. The first-order valence-corrected chi connectivity index (χ1v) is 11.9. The van der Waals surface area contributed by atoms with Crippen LogP contribution in [0, 0.1) is 5.92 Å². The SMILES string of the molecule is COCC(=O)N1C[C@@H](C)[C@@H](OC)CN(C)C(=O)c2cc(NC(=O)c3ccccc3)ccc2OC[C@H]1C. The lowest BCUT2D eigenvalue weighted by molar-refractivity contribution is -0.139. The first-order valence-electron chi connectivity index (χ1n) is 11.9. The van der Waals surface area contributed by atoms with Crippen LogP contribution < -0.4 is 10.1 Å². The number of nitrogens with zero attached hydrogens (tertiary/aromatic N) is 2. The molecule has 1 N–H and O–H groups in total. The van der Waals surface area contributed by atoms with Gasteiger partial charge in [-0.1, -0.05) is 25.1 Å². The molecular weight excluding hydrogens is 462 g/mol. The van der Waals surface area contributed by atoms with Crippen LogP contribution in [0.3, 0.4) is 0 Å². The van der Waals surface area contributed by atoms with E-state index in [1.165, 1.54) is 7.11 Å². The van der Waals surface area contributed by atoms with Crippen molar-refractivity contribution in [3.8, 4) is 5.75 Å². The van der Waals surface area contributed by atoms with Crippen LogP contribution in [0.2, 0.25) is 0 Å². The van der Waals surface area contributed by atoms with Crippen LogP contribution >= 0.6 is 0 Å².